The number of rotatable bonds is 4. The van der Waals surface area contributed by atoms with Gasteiger partial charge in [0.15, 0.2) is 5.82 Å². The third-order valence-electron chi connectivity index (χ3n) is 2.47. The minimum atomic E-state index is 0.867. The summed E-state index contributed by atoms with van der Waals surface area (Å²) >= 11 is 1.25. The number of aromatic nitrogens is 2. The Morgan fingerprint density at radius 3 is 2.50 bits per heavy atom. The highest BCUT2D eigenvalue weighted by molar-refractivity contribution is 6.99. The molecular formula is C12H15N3S. The summed E-state index contributed by atoms with van der Waals surface area (Å²) in [6.45, 7) is 5.08. The number of anilines is 1. The molecule has 0 amide bonds. The van der Waals surface area contributed by atoms with Crippen molar-refractivity contribution < 1.29 is 0 Å². The summed E-state index contributed by atoms with van der Waals surface area (Å²) in [4.78, 5) is 0. The Bertz CT molecular complexity index is 448. The molecule has 3 nitrogen and oxygen atoms in total. The number of hydrogen-bond acceptors (Lipinski definition) is 4. The average molecular weight is 233 g/mol. The SMILES string of the molecule is CCNc1nsnc1-c1ccc(CC)cc1. The standard InChI is InChI=1S/C12H15N3S/c1-3-9-5-7-10(8-6-9)11-12(13-4-2)15-16-14-11/h5-8H,3-4H2,1-2H3,(H,13,15). The van der Waals surface area contributed by atoms with Gasteiger partial charge in [-0.3, -0.25) is 0 Å². The van der Waals surface area contributed by atoms with Crippen LogP contribution in [-0.4, -0.2) is 15.3 Å². The lowest BCUT2D eigenvalue weighted by Gasteiger charge is -2.03. The Labute approximate surface area is 99.9 Å². The molecule has 0 aliphatic heterocycles. The van der Waals surface area contributed by atoms with Gasteiger partial charge in [-0.05, 0) is 18.9 Å². The van der Waals surface area contributed by atoms with E-state index in [0.717, 1.165) is 30.0 Å². The lowest BCUT2D eigenvalue weighted by molar-refractivity contribution is 1.14. The zero-order chi connectivity index (χ0) is 11.4. The van der Waals surface area contributed by atoms with Crippen LogP contribution in [0.4, 0.5) is 5.82 Å². The van der Waals surface area contributed by atoms with Crippen molar-refractivity contribution in [3.63, 3.8) is 0 Å². The van der Waals surface area contributed by atoms with Gasteiger partial charge in [0.1, 0.15) is 5.69 Å². The highest BCUT2D eigenvalue weighted by Gasteiger charge is 2.08. The maximum absolute atomic E-state index is 4.33. The second-order valence-electron chi connectivity index (χ2n) is 3.54. The van der Waals surface area contributed by atoms with Crippen LogP contribution in [0.25, 0.3) is 11.3 Å². The van der Waals surface area contributed by atoms with Crippen LogP contribution >= 0.6 is 11.7 Å². The molecular weight excluding hydrogens is 218 g/mol. The second kappa shape index (κ2) is 5.07. The Morgan fingerprint density at radius 2 is 1.88 bits per heavy atom. The first kappa shape index (κ1) is 11.1. The van der Waals surface area contributed by atoms with E-state index >= 15 is 0 Å². The molecule has 0 saturated carbocycles. The van der Waals surface area contributed by atoms with Gasteiger partial charge >= 0.3 is 0 Å². The molecule has 2 rings (SSSR count). The summed E-state index contributed by atoms with van der Waals surface area (Å²) in [5.41, 5.74) is 3.42. The molecule has 0 fully saturated rings. The van der Waals surface area contributed by atoms with Crippen LogP contribution in [0.1, 0.15) is 19.4 Å². The van der Waals surface area contributed by atoms with E-state index in [1.165, 1.54) is 17.3 Å². The molecule has 0 spiro atoms. The van der Waals surface area contributed by atoms with Crippen molar-refractivity contribution in [2.24, 2.45) is 0 Å². The molecule has 16 heavy (non-hydrogen) atoms. The Hall–Kier alpha value is -1.42. The van der Waals surface area contributed by atoms with Crippen molar-refractivity contribution in [3.8, 4) is 11.3 Å². The van der Waals surface area contributed by atoms with Crippen LogP contribution in [0, 0.1) is 0 Å². The maximum atomic E-state index is 4.33. The third-order valence-corrected chi connectivity index (χ3v) is 3.00. The first-order chi connectivity index (χ1) is 7.85. The molecule has 2 aromatic rings. The largest absolute Gasteiger partial charge is 0.368 e. The molecule has 4 heteroatoms. The highest BCUT2D eigenvalue weighted by atomic mass is 32.1. The smallest absolute Gasteiger partial charge is 0.168 e. The van der Waals surface area contributed by atoms with E-state index in [2.05, 4.69) is 52.2 Å². The second-order valence-corrected chi connectivity index (χ2v) is 4.07. The summed E-state index contributed by atoms with van der Waals surface area (Å²) < 4.78 is 8.57. The van der Waals surface area contributed by atoms with Gasteiger partial charge in [-0.1, -0.05) is 31.2 Å². The minimum absolute atomic E-state index is 0.867. The molecule has 0 aliphatic rings. The number of hydrogen-bond donors (Lipinski definition) is 1. The summed E-state index contributed by atoms with van der Waals surface area (Å²) in [6, 6.07) is 8.50. The van der Waals surface area contributed by atoms with Gasteiger partial charge < -0.3 is 5.32 Å². The molecule has 0 radical (unpaired) electrons. The van der Waals surface area contributed by atoms with Crippen molar-refractivity contribution in [1.82, 2.24) is 8.75 Å². The monoisotopic (exact) mass is 233 g/mol. The summed E-state index contributed by atoms with van der Waals surface area (Å²) in [5, 5.41) is 3.22. The van der Waals surface area contributed by atoms with Crippen molar-refractivity contribution in [2.45, 2.75) is 20.3 Å². The van der Waals surface area contributed by atoms with Gasteiger partial charge in [0.05, 0.1) is 11.7 Å². The Morgan fingerprint density at radius 1 is 1.12 bits per heavy atom. The summed E-state index contributed by atoms with van der Waals surface area (Å²) in [6.07, 6.45) is 1.07. The van der Waals surface area contributed by atoms with Crippen molar-refractivity contribution in [1.29, 1.82) is 0 Å². The van der Waals surface area contributed by atoms with E-state index in [-0.39, 0.29) is 0 Å². The quantitative estimate of drug-likeness (QED) is 0.881. The number of nitrogens with one attached hydrogen (secondary N) is 1. The van der Waals surface area contributed by atoms with E-state index in [9.17, 15) is 0 Å². The Kier molecular flexibility index (Phi) is 3.51. The van der Waals surface area contributed by atoms with E-state index in [1.54, 1.807) is 0 Å². The van der Waals surface area contributed by atoms with E-state index in [4.69, 9.17) is 0 Å². The van der Waals surface area contributed by atoms with Crippen molar-refractivity contribution in [3.05, 3.63) is 29.8 Å². The highest BCUT2D eigenvalue weighted by Crippen LogP contribution is 2.25. The van der Waals surface area contributed by atoms with Gasteiger partial charge in [0, 0.05) is 12.1 Å². The van der Waals surface area contributed by atoms with Crippen LogP contribution in [0.5, 0.6) is 0 Å². The van der Waals surface area contributed by atoms with Gasteiger partial charge in [-0.15, -0.1) is 0 Å². The average Bonchev–Trinajstić information content (AvgIpc) is 2.78. The van der Waals surface area contributed by atoms with Crippen molar-refractivity contribution >= 4 is 17.5 Å². The van der Waals surface area contributed by atoms with Crippen LogP contribution < -0.4 is 5.32 Å². The third kappa shape index (κ3) is 2.22. The lowest BCUT2D eigenvalue weighted by atomic mass is 10.1. The maximum Gasteiger partial charge on any atom is 0.168 e. The summed E-state index contributed by atoms with van der Waals surface area (Å²) in [7, 11) is 0. The topological polar surface area (TPSA) is 37.8 Å². The zero-order valence-corrected chi connectivity index (χ0v) is 10.3. The Balaban J connectivity index is 2.31. The number of nitrogens with zero attached hydrogens (tertiary/aromatic N) is 2. The zero-order valence-electron chi connectivity index (χ0n) is 9.53. The first-order valence-corrected chi connectivity index (χ1v) is 6.24. The number of aryl methyl sites for hydroxylation is 1. The molecule has 0 atom stereocenters. The van der Waals surface area contributed by atoms with Crippen LogP contribution in [0.2, 0.25) is 0 Å². The molecule has 0 unspecified atom stereocenters. The summed E-state index contributed by atoms with van der Waals surface area (Å²) in [5.74, 6) is 0.886. The first-order valence-electron chi connectivity index (χ1n) is 5.51. The molecule has 1 N–H and O–H groups in total. The van der Waals surface area contributed by atoms with Crippen LogP contribution in [-0.2, 0) is 6.42 Å². The van der Waals surface area contributed by atoms with E-state index < -0.39 is 0 Å². The molecule has 0 bridgehead atoms. The van der Waals surface area contributed by atoms with Crippen molar-refractivity contribution in [2.75, 3.05) is 11.9 Å². The van der Waals surface area contributed by atoms with Crippen LogP contribution in [0.3, 0.4) is 0 Å². The van der Waals surface area contributed by atoms with Gasteiger partial charge in [0.2, 0.25) is 0 Å². The fraction of sp³-hybridized carbons (Fsp3) is 0.333. The predicted octanol–water partition coefficient (Wildman–Crippen LogP) is 3.20. The van der Waals surface area contributed by atoms with E-state index in [1.807, 2.05) is 0 Å². The van der Waals surface area contributed by atoms with E-state index in [0.29, 0.717) is 0 Å². The molecule has 1 aromatic carbocycles. The minimum Gasteiger partial charge on any atom is -0.368 e. The van der Waals surface area contributed by atoms with Gasteiger partial charge in [-0.2, -0.15) is 8.75 Å². The van der Waals surface area contributed by atoms with Crippen LogP contribution in [0.15, 0.2) is 24.3 Å². The molecule has 84 valence electrons. The fourth-order valence-corrected chi connectivity index (χ4v) is 2.11. The van der Waals surface area contributed by atoms with Gasteiger partial charge in [0.25, 0.3) is 0 Å². The number of benzene rings is 1. The molecule has 0 saturated heterocycles. The lowest BCUT2D eigenvalue weighted by Crippen LogP contribution is -1.98. The molecule has 1 heterocycles. The fourth-order valence-electron chi connectivity index (χ4n) is 1.56. The predicted molar refractivity (Wildman–Crippen MR) is 68.9 cm³/mol. The molecule has 1 aromatic heterocycles. The normalized spacial score (nSPS) is 10.4. The molecule has 0 aliphatic carbocycles. The van der Waals surface area contributed by atoms with Gasteiger partial charge in [-0.25, -0.2) is 0 Å².